The van der Waals surface area contributed by atoms with E-state index in [0.29, 0.717) is 11.5 Å². The highest BCUT2D eigenvalue weighted by atomic mass is 32.2. The monoisotopic (exact) mass is 418 g/mol. The number of thioether (sulfide) groups is 1. The first-order valence-corrected chi connectivity index (χ1v) is 10.3. The van der Waals surface area contributed by atoms with Crippen LogP contribution in [0.5, 0.6) is 5.75 Å². The molecule has 0 aliphatic heterocycles. The number of methoxy groups -OCH3 is 1. The molecule has 0 radical (unpaired) electrons. The number of alkyl carbamates (subject to hydrolysis) is 1. The predicted molar refractivity (Wildman–Crippen MR) is 112 cm³/mol. The molecule has 2 N–H and O–H groups in total. The summed E-state index contributed by atoms with van der Waals surface area (Å²) in [5.74, 6) is 0.913. The maximum atomic E-state index is 11.9. The Hall–Kier alpha value is -2.74. The fourth-order valence-corrected chi connectivity index (χ4v) is 3.78. The van der Waals surface area contributed by atoms with Crippen molar-refractivity contribution in [3.8, 4) is 5.75 Å². The second-order valence-electron chi connectivity index (χ2n) is 6.48. The lowest BCUT2D eigenvalue weighted by Crippen LogP contribution is -2.41. The molecular weight excluding hydrogens is 392 g/mol. The fourth-order valence-electron chi connectivity index (χ4n) is 2.75. The van der Waals surface area contributed by atoms with Gasteiger partial charge >= 0.3 is 12.1 Å². The number of amides is 1. The quantitative estimate of drug-likeness (QED) is 0.568. The second-order valence-corrected chi connectivity index (χ2v) is 7.59. The molecule has 1 heterocycles. The molecule has 0 saturated heterocycles. The van der Waals surface area contributed by atoms with E-state index >= 15 is 0 Å². The maximum absolute atomic E-state index is 11.9. The summed E-state index contributed by atoms with van der Waals surface area (Å²) in [6.45, 7) is 3.99. The molecule has 7 nitrogen and oxygen atoms in total. The molecule has 1 aromatic carbocycles. The van der Waals surface area contributed by atoms with Gasteiger partial charge in [0.1, 0.15) is 18.4 Å². The van der Waals surface area contributed by atoms with Crippen molar-refractivity contribution in [3.63, 3.8) is 0 Å². The van der Waals surface area contributed by atoms with Crippen molar-refractivity contribution in [1.82, 2.24) is 10.3 Å². The Bertz CT molecular complexity index is 829. The summed E-state index contributed by atoms with van der Waals surface area (Å²) < 4.78 is 10.5. The SMILES string of the molecule is COc1c(C)cnc(CSCCC(NC(=O)OCc2ccccc2)C(=O)O)c1C. The zero-order valence-electron chi connectivity index (χ0n) is 16.8. The number of carbonyl (C=O) groups is 2. The summed E-state index contributed by atoms with van der Waals surface area (Å²) in [7, 11) is 1.63. The molecule has 0 aliphatic carbocycles. The van der Waals surface area contributed by atoms with Crippen LogP contribution in [0, 0.1) is 13.8 Å². The van der Waals surface area contributed by atoms with Gasteiger partial charge in [-0.1, -0.05) is 30.3 Å². The maximum Gasteiger partial charge on any atom is 0.408 e. The van der Waals surface area contributed by atoms with E-state index in [2.05, 4.69) is 10.3 Å². The van der Waals surface area contributed by atoms with Crippen molar-refractivity contribution in [1.29, 1.82) is 0 Å². The third kappa shape index (κ3) is 6.98. The van der Waals surface area contributed by atoms with Gasteiger partial charge in [-0.3, -0.25) is 4.98 Å². The van der Waals surface area contributed by atoms with Crippen LogP contribution in [0.25, 0.3) is 0 Å². The van der Waals surface area contributed by atoms with Crippen LogP contribution in [0.3, 0.4) is 0 Å². The molecule has 0 aliphatic rings. The number of hydrogen-bond acceptors (Lipinski definition) is 6. The van der Waals surface area contributed by atoms with Gasteiger partial charge in [-0.2, -0.15) is 11.8 Å². The van der Waals surface area contributed by atoms with Crippen LogP contribution in [0.2, 0.25) is 0 Å². The van der Waals surface area contributed by atoms with E-state index in [0.717, 1.165) is 28.1 Å². The van der Waals surface area contributed by atoms with Crippen molar-refractivity contribution < 1.29 is 24.2 Å². The molecule has 0 fully saturated rings. The summed E-state index contributed by atoms with van der Waals surface area (Å²) in [6, 6.07) is 8.20. The number of aryl methyl sites for hydroxylation is 1. The van der Waals surface area contributed by atoms with Crippen LogP contribution in [0.1, 0.15) is 28.8 Å². The number of nitrogens with zero attached hydrogens (tertiary/aromatic N) is 1. The Labute approximate surface area is 174 Å². The lowest BCUT2D eigenvalue weighted by molar-refractivity contribution is -0.139. The Kier molecular flexibility index (Phi) is 8.79. The molecule has 2 rings (SSSR count). The highest BCUT2D eigenvalue weighted by molar-refractivity contribution is 7.98. The minimum absolute atomic E-state index is 0.0912. The largest absolute Gasteiger partial charge is 0.496 e. The van der Waals surface area contributed by atoms with Gasteiger partial charge in [0.25, 0.3) is 0 Å². The summed E-state index contributed by atoms with van der Waals surface area (Å²) in [4.78, 5) is 27.8. The van der Waals surface area contributed by atoms with E-state index in [1.165, 1.54) is 0 Å². The molecule has 0 saturated carbocycles. The highest BCUT2D eigenvalue weighted by Crippen LogP contribution is 2.26. The molecular formula is C21H26N2O5S. The molecule has 156 valence electrons. The topological polar surface area (TPSA) is 97.8 Å². The van der Waals surface area contributed by atoms with E-state index in [1.807, 2.05) is 44.2 Å². The molecule has 29 heavy (non-hydrogen) atoms. The molecule has 2 aromatic rings. The minimum atomic E-state index is -1.09. The fraction of sp³-hybridized carbons (Fsp3) is 0.381. The predicted octanol–water partition coefficient (Wildman–Crippen LogP) is 3.71. The van der Waals surface area contributed by atoms with E-state index in [1.54, 1.807) is 25.1 Å². The first-order chi connectivity index (χ1) is 13.9. The minimum Gasteiger partial charge on any atom is -0.496 e. The van der Waals surface area contributed by atoms with Gasteiger partial charge < -0.3 is 19.9 Å². The number of aromatic nitrogens is 1. The first kappa shape index (κ1) is 22.5. The number of rotatable bonds is 10. The average Bonchev–Trinajstić information content (AvgIpc) is 2.71. The average molecular weight is 419 g/mol. The van der Waals surface area contributed by atoms with Gasteiger partial charge in [-0.15, -0.1) is 0 Å². The Balaban J connectivity index is 1.79. The molecule has 1 aromatic heterocycles. The van der Waals surface area contributed by atoms with Crippen LogP contribution in [-0.2, 0) is 21.9 Å². The van der Waals surface area contributed by atoms with Crippen molar-refractivity contribution in [3.05, 3.63) is 58.9 Å². The smallest absolute Gasteiger partial charge is 0.408 e. The van der Waals surface area contributed by atoms with Crippen molar-refractivity contribution in [2.45, 2.75) is 38.7 Å². The Morgan fingerprint density at radius 3 is 2.62 bits per heavy atom. The third-order valence-corrected chi connectivity index (χ3v) is 5.34. The Morgan fingerprint density at radius 2 is 1.97 bits per heavy atom. The molecule has 1 atom stereocenters. The molecule has 0 spiro atoms. The third-order valence-electron chi connectivity index (χ3n) is 4.34. The normalized spacial score (nSPS) is 11.6. The van der Waals surface area contributed by atoms with Crippen LogP contribution in [0.4, 0.5) is 4.79 Å². The number of aliphatic carboxylic acids is 1. The van der Waals surface area contributed by atoms with Crippen LogP contribution >= 0.6 is 11.8 Å². The summed E-state index contributed by atoms with van der Waals surface area (Å²) in [6.07, 6.45) is 1.31. The number of nitrogens with one attached hydrogen (secondary N) is 1. The summed E-state index contributed by atoms with van der Waals surface area (Å²) in [5.41, 5.74) is 3.70. The highest BCUT2D eigenvalue weighted by Gasteiger charge is 2.20. The standard InChI is InChI=1S/C21H26N2O5S/c1-14-11-22-18(15(2)19(14)27-3)13-29-10-9-17(20(24)25)23-21(26)28-12-16-7-5-4-6-8-16/h4-8,11,17H,9-10,12-13H2,1-3H3,(H,23,26)(H,24,25). The lowest BCUT2D eigenvalue weighted by Gasteiger charge is -2.15. The zero-order chi connectivity index (χ0) is 21.2. The molecule has 1 unspecified atom stereocenters. The van der Waals surface area contributed by atoms with Gasteiger partial charge in [0.05, 0.1) is 12.8 Å². The number of carbonyl (C=O) groups excluding carboxylic acids is 1. The van der Waals surface area contributed by atoms with Gasteiger partial charge in [-0.25, -0.2) is 9.59 Å². The molecule has 1 amide bonds. The van der Waals surface area contributed by atoms with Crippen LogP contribution in [-0.4, -0.2) is 41.1 Å². The van der Waals surface area contributed by atoms with Crippen LogP contribution in [0.15, 0.2) is 36.5 Å². The van der Waals surface area contributed by atoms with Gasteiger partial charge in [-0.05, 0) is 31.6 Å². The number of benzene rings is 1. The van der Waals surface area contributed by atoms with E-state index in [9.17, 15) is 14.7 Å². The number of carboxylic acids is 1. The first-order valence-electron chi connectivity index (χ1n) is 9.19. The van der Waals surface area contributed by atoms with Gasteiger partial charge in [0, 0.05) is 23.1 Å². The lowest BCUT2D eigenvalue weighted by atomic mass is 10.1. The zero-order valence-corrected chi connectivity index (χ0v) is 17.6. The van der Waals surface area contributed by atoms with Crippen molar-refractivity contribution in [2.24, 2.45) is 0 Å². The van der Waals surface area contributed by atoms with Gasteiger partial charge in [0.2, 0.25) is 0 Å². The van der Waals surface area contributed by atoms with E-state index in [4.69, 9.17) is 9.47 Å². The van der Waals surface area contributed by atoms with Crippen molar-refractivity contribution in [2.75, 3.05) is 12.9 Å². The van der Waals surface area contributed by atoms with E-state index < -0.39 is 18.1 Å². The number of ether oxygens (including phenoxy) is 2. The van der Waals surface area contributed by atoms with E-state index in [-0.39, 0.29) is 13.0 Å². The van der Waals surface area contributed by atoms with Crippen molar-refractivity contribution >= 4 is 23.8 Å². The second kappa shape index (κ2) is 11.3. The van der Waals surface area contributed by atoms with Gasteiger partial charge in [0.15, 0.2) is 0 Å². The number of pyridine rings is 1. The molecule has 0 bridgehead atoms. The summed E-state index contributed by atoms with van der Waals surface area (Å²) in [5, 5.41) is 11.8. The molecule has 8 heteroatoms. The number of hydrogen-bond donors (Lipinski definition) is 2. The number of carboxylic acid groups (broad SMARTS) is 1. The summed E-state index contributed by atoms with van der Waals surface area (Å²) >= 11 is 1.56. The van der Waals surface area contributed by atoms with Crippen LogP contribution < -0.4 is 10.1 Å². The Morgan fingerprint density at radius 1 is 1.24 bits per heavy atom.